The summed E-state index contributed by atoms with van der Waals surface area (Å²) in [5.41, 5.74) is 2.11. The summed E-state index contributed by atoms with van der Waals surface area (Å²) in [6.45, 7) is 0.800. The summed E-state index contributed by atoms with van der Waals surface area (Å²) < 4.78 is 0. The predicted octanol–water partition coefficient (Wildman–Crippen LogP) is 2.35. The zero-order valence-corrected chi connectivity index (χ0v) is 16.9. The molecule has 0 aliphatic carbocycles. The normalized spacial score (nSPS) is 14.2. The van der Waals surface area contributed by atoms with E-state index in [2.05, 4.69) is 22.3 Å². The zero-order chi connectivity index (χ0) is 20.8. The number of nitrogens with zero attached hydrogens (tertiary/aromatic N) is 2. The summed E-state index contributed by atoms with van der Waals surface area (Å²) in [7, 11) is 4.00. The molecule has 6 nitrogen and oxygen atoms in total. The van der Waals surface area contributed by atoms with E-state index in [1.807, 2.05) is 32.3 Å². The summed E-state index contributed by atoms with van der Waals surface area (Å²) in [6.07, 6.45) is 1.57. The van der Waals surface area contributed by atoms with E-state index in [4.69, 9.17) is 0 Å². The highest BCUT2D eigenvalue weighted by molar-refractivity contribution is 6.21. The highest BCUT2D eigenvalue weighted by Gasteiger charge is 2.34. The number of fused-ring (bicyclic) bond motifs is 1. The molecule has 0 unspecified atom stereocenters. The second kappa shape index (κ2) is 9.47. The van der Waals surface area contributed by atoms with E-state index in [0.29, 0.717) is 24.1 Å². The standard InChI is InChI=1S/C23H27N3O3/c1-25(2)18(15-17-9-4-3-5-10-17)16-24-21(27)13-8-14-26-22(28)19-11-6-7-12-20(19)23(26)29/h3-7,9-12,18H,8,13-16H2,1-2H3,(H,24,27)/t18-/m0/s1. The predicted molar refractivity (Wildman–Crippen MR) is 112 cm³/mol. The van der Waals surface area contributed by atoms with Crippen LogP contribution < -0.4 is 5.32 Å². The van der Waals surface area contributed by atoms with Crippen LogP contribution in [0.25, 0.3) is 0 Å². The first-order chi connectivity index (χ1) is 14.0. The van der Waals surface area contributed by atoms with Crippen molar-refractivity contribution < 1.29 is 14.4 Å². The number of benzene rings is 2. The van der Waals surface area contributed by atoms with Gasteiger partial charge >= 0.3 is 0 Å². The third kappa shape index (κ3) is 5.09. The molecule has 2 aromatic rings. The summed E-state index contributed by atoms with van der Waals surface area (Å²) >= 11 is 0. The van der Waals surface area contributed by atoms with Gasteiger partial charge in [-0.05, 0) is 44.6 Å². The van der Waals surface area contributed by atoms with Gasteiger partial charge in [-0.2, -0.15) is 0 Å². The van der Waals surface area contributed by atoms with Crippen molar-refractivity contribution in [2.75, 3.05) is 27.2 Å². The molecule has 0 radical (unpaired) electrons. The summed E-state index contributed by atoms with van der Waals surface area (Å²) in [5.74, 6) is -0.621. The third-order valence-electron chi connectivity index (χ3n) is 5.24. The molecule has 6 heteroatoms. The van der Waals surface area contributed by atoms with Gasteiger partial charge in [0.2, 0.25) is 5.91 Å². The fraction of sp³-hybridized carbons (Fsp3) is 0.348. The molecule has 3 amide bonds. The largest absolute Gasteiger partial charge is 0.355 e. The monoisotopic (exact) mass is 393 g/mol. The van der Waals surface area contributed by atoms with Crippen LogP contribution in [0.5, 0.6) is 0 Å². The van der Waals surface area contributed by atoms with Crippen molar-refractivity contribution in [2.45, 2.75) is 25.3 Å². The van der Waals surface area contributed by atoms with Gasteiger partial charge in [-0.3, -0.25) is 19.3 Å². The Labute approximate surface area is 171 Å². The molecule has 29 heavy (non-hydrogen) atoms. The number of hydrogen-bond acceptors (Lipinski definition) is 4. The van der Waals surface area contributed by atoms with Crippen LogP contribution in [0, 0.1) is 0 Å². The first-order valence-electron chi connectivity index (χ1n) is 9.89. The number of carbonyl (C=O) groups excluding carboxylic acids is 3. The van der Waals surface area contributed by atoms with Gasteiger partial charge in [0.05, 0.1) is 11.1 Å². The van der Waals surface area contributed by atoms with E-state index in [-0.39, 0.29) is 36.7 Å². The first kappa shape index (κ1) is 20.7. The van der Waals surface area contributed by atoms with Crippen molar-refractivity contribution in [3.63, 3.8) is 0 Å². The van der Waals surface area contributed by atoms with Crippen LogP contribution in [0.1, 0.15) is 39.1 Å². The van der Waals surface area contributed by atoms with Crippen LogP contribution in [0.15, 0.2) is 54.6 Å². The Kier molecular flexibility index (Phi) is 6.77. The molecule has 0 spiro atoms. The number of rotatable bonds is 9. The molecule has 1 atom stereocenters. The van der Waals surface area contributed by atoms with E-state index >= 15 is 0 Å². The lowest BCUT2D eigenvalue weighted by Crippen LogP contribution is -2.41. The number of likely N-dealkylation sites (N-methyl/N-ethyl adjacent to an activating group) is 1. The highest BCUT2D eigenvalue weighted by Crippen LogP contribution is 2.22. The summed E-state index contributed by atoms with van der Waals surface area (Å²) in [6, 6.07) is 17.2. The second-order valence-electron chi connectivity index (χ2n) is 7.52. The van der Waals surface area contributed by atoms with E-state index in [0.717, 1.165) is 6.42 Å². The Morgan fingerprint density at radius 1 is 0.966 bits per heavy atom. The third-order valence-corrected chi connectivity index (χ3v) is 5.24. The van der Waals surface area contributed by atoms with Crippen molar-refractivity contribution in [3.8, 4) is 0 Å². The molecule has 0 bridgehead atoms. The van der Waals surface area contributed by atoms with Gasteiger partial charge in [-0.15, -0.1) is 0 Å². The van der Waals surface area contributed by atoms with Gasteiger partial charge in [0.25, 0.3) is 11.8 Å². The van der Waals surface area contributed by atoms with Crippen molar-refractivity contribution in [2.24, 2.45) is 0 Å². The molecule has 1 heterocycles. The first-order valence-corrected chi connectivity index (χ1v) is 9.89. The van der Waals surface area contributed by atoms with Gasteiger partial charge < -0.3 is 10.2 Å². The van der Waals surface area contributed by atoms with Gasteiger partial charge in [-0.25, -0.2) is 0 Å². The SMILES string of the molecule is CN(C)[C@H](CNC(=O)CCCN1C(=O)c2ccccc2C1=O)Cc1ccccc1. The highest BCUT2D eigenvalue weighted by atomic mass is 16.2. The Morgan fingerprint density at radius 2 is 1.55 bits per heavy atom. The van der Waals surface area contributed by atoms with Crippen LogP contribution in [-0.2, 0) is 11.2 Å². The molecule has 0 saturated heterocycles. The molecule has 0 saturated carbocycles. The molecule has 0 aromatic heterocycles. The van der Waals surface area contributed by atoms with Crippen LogP contribution in [0.2, 0.25) is 0 Å². The zero-order valence-electron chi connectivity index (χ0n) is 16.9. The average molecular weight is 393 g/mol. The lowest BCUT2D eigenvalue weighted by Gasteiger charge is -2.25. The maximum atomic E-state index is 12.3. The topological polar surface area (TPSA) is 69.7 Å². The van der Waals surface area contributed by atoms with Gasteiger partial charge in [-0.1, -0.05) is 42.5 Å². The van der Waals surface area contributed by atoms with Crippen molar-refractivity contribution in [1.29, 1.82) is 0 Å². The molecule has 2 aromatic carbocycles. The van der Waals surface area contributed by atoms with Crippen LogP contribution in [0.3, 0.4) is 0 Å². The van der Waals surface area contributed by atoms with E-state index in [9.17, 15) is 14.4 Å². The number of hydrogen-bond donors (Lipinski definition) is 1. The minimum atomic E-state index is -0.276. The molecule has 1 N–H and O–H groups in total. The molecule has 0 fully saturated rings. The molecule has 3 rings (SSSR count). The fourth-order valence-electron chi connectivity index (χ4n) is 3.48. The van der Waals surface area contributed by atoms with E-state index in [1.165, 1.54) is 10.5 Å². The Hall–Kier alpha value is -2.99. The Balaban J connectivity index is 1.44. The maximum absolute atomic E-state index is 12.3. The summed E-state index contributed by atoms with van der Waals surface area (Å²) in [5, 5.41) is 2.98. The Bertz CT molecular complexity index is 845. The minimum absolute atomic E-state index is 0.0680. The number of carbonyl (C=O) groups is 3. The number of nitrogens with one attached hydrogen (secondary N) is 1. The van der Waals surface area contributed by atoms with E-state index in [1.54, 1.807) is 24.3 Å². The molecule has 1 aliphatic rings. The Morgan fingerprint density at radius 3 is 2.14 bits per heavy atom. The average Bonchev–Trinajstić information content (AvgIpc) is 2.97. The lowest BCUT2D eigenvalue weighted by atomic mass is 10.1. The molecule has 152 valence electrons. The van der Waals surface area contributed by atoms with Crippen molar-refractivity contribution in [1.82, 2.24) is 15.1 Å². The molecule has 1 aliphatic heterocycles. The van der Waals surface area contributed by atoms with Crippen LogP contribution >= 0.6 is 0 Å². The van der Waals surface area contributed by atoms with Crippen LogP contribution in [0.4, 0.5) is 0 Å². The minimum Gasteiger partial charge on any atom is -0.355 e. The fourth-order valence-corrected chi connectivity index (χ4v) is 3.48. The number of imide groups is 1. The smallest absolute Gasteiger partial charge is 0.261 e. The van der Waals surface area contributed by atoms with Crippen molar-refractivity contribution >= 4 is 17.7 Å². The van der Waals surface area contributed by atoms with E-state index < -0.39 is 0 Å². The molecular weight excluding hydrogens is 366 g/mol. The second-order valence-corrected chi connectivity index (χ2v) is 7.52. The summed E-state index contributed by atoms with van der Waals surface area (Å²) in [4.78, 5) is 40.3. The van der Waals surface area contributed by atoms with Gasteiger partial charge in [0.15, 0.2) is 0 Å². The number of amides is 3. The lowest BCUT2D eigenvalue weighted by molar-refractivity contribution is -0.121. The quantitative estimate of drug-likeness (QED) is 0.664. The van der Waals surface area contributed by atoms with Gasteiger partial charge in [0.1, 0.15) is 0 Å². The molecular formula is C23H27N3O3. The van der Waals surface area contributed by atoms with Crippen molar-refractivity contribution in [3.05, 3.63) is 71.3 Å². The van der Waals surface area contributed by atoms with Crippen LogP contribution in [-0.4, -0.2) is 60.7 Å². The van der Waals surface area contributed by atoms with Gasteiger partial charge in [0, 0.05) is 25.6 Å². The maximum Gasteiger partial charge on any atom is 0.261 e.